The van der Waals surface area contributed by atoms with E-state index in [2.05, 4.69) is 50.4 Å². The number of carbonyl (C=O) groups is 2. The van der Waals surface area contributed by atoms with Crippen molar-refractivity contribution < 1.29 is 9.59 Å². The van der Waals surface area contributed by atoms with Gasteiger partial charge >= 0.3 is 0 Å². The van der Waals surface area contributed by atoms with E-state index in [1.807, 2.05) is 19.1 Å². The van der Waals surface area contributed by atoms with E-state index in [1.165, 1.54) is 5.56 Å². The molecule has 1 saturated heterocycles. The summed E-state index contributed by atoms with van der Waals surface area (Å²) in [6, 6.07) is 15.6. The van der Waals surface area contributed by atoms with Gasteiger partial charge in [0.2, 0.25) is 5.91 Å². The third kappa shape index (κ3) is 4.38. The first-order valence-electron chi connectivity index (χ1n) is 9.57. The number of hydrogen-bond acceptors (Lipinski definition) is 2. The summed E-state index contributed by atoms with van der Waals surface area (Å²) in [5.74, 6) is -0.00393. The Labute approximate surface area is 161 Å². The summed E-state index contributed by atoms with van der Waals surface area (Å²) in [5.41, 5.74) is 3.83. The topological polar surface area (TPSA) is 49.4 Å². The first-order chi connectivity index (χ1) is 12.8. The molecular weight excluding hydrogens is 336 g/mol. The quantitative estimate of drug-likeness (QED) is 0.862. The van der Waals surface area contributed by atoms with Crippen LogP contribution in [0.2, 0.25) is 0 Å². The Morgan fingerprint density at radius 3 is 2.41 bits per heavy atom. The molecule has 1 fully saturated rings. The van der Waals surface area contributed by atoms with Gasteiger partial charge in [0.1, 0.15) is 0 Å². The second-order valence-electron chi connectivity index (χ2n) is 8.27. The molecule has 0 unspecified atom stereocenters. The highest BCUT2D eigenvalue weighted by molar-refractivity contribution is 5.99. The fraction of sp³-hybridized carbons (Fsp3) is 0.391. The third-order valence-corrected chi connectivity index (χ3v) is 5.12. The van der Waals surface area contributed by atoms with Gasteiger partial charge in [-0.15, -0.1) is 0 Å². The van der Waals surface area contributed by atoms with Crippen LogP contribution in [0, 0.1) is 0 Å². The fourth-order valence-corrected chi connectivity index (χ4v) is 3.37. The smallest absolute Gasteiger partial charge is 0.251 e. The van der Waals surface area contributed by atoms with E-state index in [0.717, 1.165) is 24.2 Å². The molecule has 0 aromatic heterocycles. The van der Waals surface area contributed by atoms with Crippen LogP contribution in [-0.2, 0) is 10.2 Å². The van der Waals surface area contributed by atoms with E-state index < -0.39 is 0 Å². The largest absolute Gasteiger partial charge is 0.346 e. The predicted molar refractivity (Wildman–Crippen MR) is 109 cm³/mol. The van der Waals surface area contributed by atoms with Gasteiger partial charge in [0.05, 0.1) is 6.04 Å². The van der Waals surface area contributed by atoms with Crippen molar-refractivity contribution in [1.82, 2.24) is 5.32 Å². The summed E-state index contributed by atoms with van der Waals surface area (Å²) in [6.07, 6.45) is 1.45. The van der Waals surface area contributed by atoms with Crippen LogP contribution in [-0.4, -0.2) is 18.4 Å². The Bertz CT molecular complexity index is 834. The molecule has 0 radical (unpaired) electrons. The molecule has 3 rings (SSSR count). The van der Waals surface area contributed by atoms with Crippen molar-refractivity contribution in [3.8, 4) is 0 Å². The second-order valence-corrected chi connectivity index (χ2v) is 8.27. The Balaban J connectivity index is 1.70. The van der Waals surface area contributed by atoms with Gasteiger partial charge in [-0.05, 0) is 48.1 Å². The molecule has 2 aromatic rings. The SMILES string of the molecule is C[C@H](NC(=O)c1cccc(N2CCCC2=O)c1)c1ccc(C(C)(C)C)cc1. The average Bonchev–Trinajstić information content (AvgIpc) is 3.07. The number of carbonyl (C=O) groups excluding carboxylic acids is 2. The van der Waals surface area contributed by atoms with Crippen LogP contribution in [0.4, 0.5) is 5.69 Å². The first-order valence-corrected chi connectivity index (χ1v) is 9.57. The predicted octanol–water partition coefficient (Wildman–Crippen LogP) is 4.60. The minimum atomic E-state index is -0.129. The lowest BCUT2D eigenvalue weighted by atomic mass is 9.86. The summed E-state index contributed by atoms with van der Waals surface area (Å²) in [5, 5.41) is 3.06. The van der Waals surface area contributed by atoms with Crippen molar-refractivity contribution in [3.05, 3.63) is 65.2 Å². The van der Waals surface area contributed by atoms with Gasteiger partial charge in [-0.2, -0.15) is 0 Å². The summed E-state index contributed by atoms with van der Waals surface area (Å²) >= 11 is 0. The zero-order valence-corrected chi connectivity index (χ0v) is 16.6. The van der Waals surface area contributed by atoms with Gasteiger partial charge in [0.25, 0.3) is 5.91 Å². The molecule has 2 amide bonds. The fourth-order valence-electron chi connectivity index (χ4n) is 3.37. The van der Waals surface area contributed by atoms with E-state index in [0.29, 0.717) is 12.0 Å². The highest BCUT2D eigenvalue weighted by Crippen LogP contribution is 2.25. The second kappa shape index (κ2) is 7.55. The molecule has 4 nitrogen and oxygen atoms in total. The minimum absolute atomic E-state index is 0.0939. The molecule has 4 heteroatoms. The summed E-state index contributed by atoms with van der Waals surface area (Å²) < 4.78 is 0. The van der Waals surface area contributed by atoms with E-state index >= 15 is 0 Å². The number of hydrogen-bond donors (Lipinski definition) is 1. The van der Waals surface area contributed by atoms with Crippen LogP contribution in [0.15, 0.2) is 48.5 Å². The number of nitrogens with one attached hydrogen (secondary N) is 1. The molecule has 1 N–H and O–H groups in total. The van der Waals surface area contributed by atoms with Crippen LogP contribution in [0.1, 0.15) is 68.1 Å². The van der Waals surface area contributed by atoms with Crippen molar-refractivity contribution in [2.24, 2.45) is 0 Å². The van der Waals surface area contributed by atoms with E-state index in [4.69, 9.17) is 0 Å². The van der Waals surface area contributed by atoms with E-state index in [9.17, 15) is 9.59 Å². The lowest BCUT2D eigenvalue weighted by Crippen LogP contribution is -2.28. The number of benzene rings is 2. The molecule has 1 heterocycles. The van der Waals surface area contributed by atoms with Crippen molar-refractivity contribution in [2.75, 3.05) is 11.4 Å². The molecule has 0 bridgehead atoms. The maximum Gasteiger partial charge on any atom is 0.251 e. The van der Waals surface area contributed by atoms with Gasteiger partial charge in [-0.1, -0.05) is 51.1 Å². The molecule has 0 spiro atoms. The van der Waals surface area contributed by atoms with Crippen molar-refractivity contribution in [1.29, 1.82) is 0 Å². The molecule has 142 valence electrons. The van der Waals surface area contributed by atoms with Crippen molar-refractivity contribution in [3.63, 3.8) is 0 Å². The molecule has 0 aliphatic carbocycles. The average molecular weight is 364 g/mol. The number of rotatable bonds is 4. The lowest BCUT2D eigenvalue weighted by molar-refractivity contribution is -0.117. The molecule has 1 aliphatic heterocycles. The summed E-state index contributed by atoms with van der Waals surface area (Å²) in [7, 11) is 0. The van der Waals surface area contributed by atoms with Gasteiger partial charge < -0.3 is 10.2 Å². The third-order valence-electron chi connectivity index (χ3n) is 5.12. The Kier molecular flexibility index (Phi) is 5.36. The number of amides is 2. The molecule has 0 saturated carbocycles. The highest BCUT2D eigenvalue weighted by atomic mass is 16.2. The maximum atomic E-state index is 12.7. The highest BCUT2D eigenvalue weighted by Gasteiger charge is 2.22. The van der Waals surface area contributed by atoms with Crippen LogP contribution in [0.25, 0.3) is 0 Å². The molecule has 1 atom stereocenters. The Hall–Kier alpha value is -2.62. The molecule has 2 aromatic carbocycles. The standard InChI is InChI=1S/C23H28N2O2/c1-16(17-10-12-19(13-11-17)23(2,3)4)24-22(27)18-7-5-8-20(15-18)25-14-6-9-21(25)26/h5,7-8,10-13,15-16H,6,9,14H2,1-4H3,(H,24,27)/t16-/m0/s1. The van der Waals surface area contributed by atoms with Gasteiger partial charge in [-0.3, -0.25) is 9.59 Å². The summed E-state index contributed by atoms with van der Waals surface area (Å²) in [4.78, 5) is 26.4. The van der Waals surface area contributed by atoms with Crippen molar-refractivity contribution in [2.45, 2.75) is 52.0 Å². The monoisotopic (exact) mass is 364 g/mol. The van der Waals surface area contributed by atoms with E-state index in [1.54, 1.807) is 17.0 Å². The zero-order chi connectivity index (χ0) is 19.6. The molecular formula is C23H28N2O2. The summed E-state index contributed by atoms with van der Waals surface area (Å²) in [6.45, 7) is 9.26. The van der Waals surface area contributed by atoms with E-state index in [-0.39, 0.29) is 23.3 Å². The number of nitrogens with zero attached hydrogens (tertiary/aromatic N) is 1. The first kappa shape index (κ1) is 19.2. The van der Waals surface area contributed by atoms with Crippen LogP contribution >= 0.6 is 0 Å². The minimum Gasteiger partial charge on any atom is -0.346 e. The van der Waals surface area contributed by atoms with Crippen LogP contribution < -0.4 is 10.2 Å². The Morgan fingerprint density at radius 2 is 1.81 bits per heavy atom. The van der Waals surface area contributed by atoms with Crippen LogP contribution in [0.3, 0.4) is 0 Å². The number of anilines is 1. The van der Waals surface area contributed by atoms with Crippen molar-refractivity contribution >= 4 is 17.5 Å². The maximum absolute atomic E-state index is 12.7. The van der Waals surface area contributed by atoms with Crippen LogP contribution in [0.5, 0.6) is 0 Å². The molecule has 27 heavy (non-hydrogen) atoms. The Morgan fingerprint density at radius 1 is 1.11 bits per heavy atom. The zero-order valence-electron chi connectivity index (χ0n) is 16.6. The normalized spacial score (nSPS) is 15.7. The van der Waals surface area contributed by atoms with Gasteiger partial charge in [0.15, 0.2) is 0 Å². The lowest BCUT2D eigenvalue weighted by Gasteiger charge is -2.21. The van der Waals surface area contributed by atoms with Gasteiger partial charge in [0, 0.05) is 24.2 Å². The van der Waals surface area contributed by atoms with Gasteiger partial charge in [-0.25, -0.2) is 0 Å². The molecule has 1 aliphatic rings.